The smallest absolute Gasteiger partial charge is 0.265 e. The number of nitrogen functional groups attached to an aromatic ring is 1. The van der Waals surface area contributed by atoms with Gasteiger partial charge in [-0.3, -0.25) is 4.79 Å². The zero-order chi connectivity index (χ0) is 15.4. The Labute approximate surface area is 128 Å². The first-order valence-corrected chi connectivity index (χ1v) is 6.92. The second-order valence-electron chi connectivity index (χ2n) is 4.78. The zero-order valence-electron chi connectivity index (χ0n) is 11.9. The Hall–Kier alpha value is -2.20. The molecule has 0 radical (unpaired) electrons. The molecule has 3 N–H and O–H groups in total. The summed E-state index contributed by atoms with van der Waals surface area (Å²) in [4.78, 5) is 12.1. The molecule has 2 aromatic carbocycles. The van der Waals surface area contributed by atoms with Gasteiger partial charge in [0.2, 0.25) is 0 Å². The highest BCUT2D eigenvalue weighted by molar-refractivity contribution is 6.30. The van der Waals surface area contributed by atoms with Crippen molar-refractivity contribution in [2.24, 2.45) is 0 Å². The monoisotopic (exact) mass is 304 g/mol. The molecule has 2 aromatic rings. The molecule has 0 aliphatic heterocycles. The first-order chi connectivity index (χ1) is 9.95. The Morgan fingerprint density at radius 1 is 1.24 bits per heavy atom. The fourth-order valence-corrected chi connectivity index (χ4v) is 2.03. The van der Waals surface area contributed by atoms with Crippen LogP contribution in [0.1, 0.15) is 12.5 Å². The average Bonchev–Trinajstić information content (AvgIpc) is 2.44. The van der Waals surface area contributed by atoms with E-state index >= 15 is 0 Å². The van der Waals surface area contributed by atoms with E-state index in [9.17, 15) is 4.79 Å². The van der Waals surface area contributed by atoms with Gasteiger partial charge in [0, 0.05) is 16.4 Å². The van der Waals surface area contributed by atoms with Gasteiger partial charge in [-0.15, -0.1) is 0 Å². The first kappa shape index (κ1) is 15.2. The van der Waals surface area contributed by atoms with Crippen LogP contribution in [0.2, 0.25) is 5.02 Å². The lowest BCUT2D eigenvalue weighted by Crippen LogP contribution is -2.30. The lowest BCUT2D eigenvalue weighted by atomic mass is 10.2. The van der Waals surface area contributed by atoms with Gasteiger partial charge in [0.05, 0.1) is 0 Å². The van der Waals surface area contributed by atoms with Gasteiger partial charge in [-0.25, -0.2) is 0 Å². The lowest BCUT2D eigenvalue weighted by Gasteiger charge is -2.16. The molecule has 0 bridgehead atoms. The van der Waals surface area contributed by atoms with Gasteiger partial charge in [-0.1, -0.05) is 11.6 Å². The fourth-order valence-electron chi connectivity index (χ4n) is 1.80. The van der Waals surface area contributed by atoms with Crippen LogP contribution in [0.3, 0.4) is 0 Å². The Balaban J connectivity index is 2.00. The molecular formula is C16H17ClN2O2. The largest absolute Gasteiger partial charge is 0.481 e. The number of aryl methyl sites for hydroxylation is 1. The summed E-state index contributed by atoms with van der Waals surface area (Å²) in [5, 5.41) is 3.41. The summed E-state index contributed by atoms with van der Waals surface area (Å²) >= 11 is 5.89. The molecule has 110 valence electrons. The number of rotatable bonds is 4. The van der Waals surface area contributed by atoms with E-state index in [4.69, 9.17) is 22.1 Å². The molecule has 0 spiro atoms. The molecule has 4 nitrogen and oxygen atoms in total. The van der Waals surface area contributed by atoms with E-state index in [0.29, 0.717) is 22.1 Å². The summed E-state index contributed by atoms with van der Waals surface area (Å²) in [5.41, 5.74) is 7.81. The van der Waals surface area contributed by atoms with Crippen LogP contribution in [-0.2, 0) is 4.79 Å². The van der Waals surface area contributed by atoms with E-state index in [1.807, 2.05) is 6.92 Å². The Morgan fingerprint density at radius 3 is 2.52 bits per heavy atom. The number of halogens is 1. The van der Waals surface area contributed by atoms with Gasteiger partial charge in [-0.05, 0) is 61.9 Å². The van der Waals surface area contributed by atoms with Gasteiger partial charge in [0.1, 0.15) is 5.75 Å². The number of hydrogen-bond acceptors (Lipinski definition) is 3. The van der Waals surface area contributed by atoms with E-state index in [2.05, 4.69) is 5.32 Å². The summed E-state index contributed by atoms with van der Waals surface area (Å²) in [6.07, 6.45) is -0.623. The summed E-state index contributed by atoms with van der Waals surface area (Å²) in [6, 6.07) is 12.2. The van der Waals surface area contributed by atoms with Crippen LogP contribution in [-0.4, -0.2) is 12.0 Å². The summed E-state index contributed by atoms with van der Waals surface area (Å²) < 4.78 is 5.66. The van der Waals surface area contributed by atoms with Crippen LogP contribution in [0.4, 0.5) is 11.4 Å². The molecule has 1 unspecified atom stereocenters. The quantitative estimate of drug-likeness (QED) is 0.848. The van der Waals surface area contributed by atoms with Crippen molar-refractivity contribution >= 4 is 28.9 Å². The number of carbonyl (C=O) groups is 1. The molecule has 0 aliphatic rings. The summed E-state index contributed by atoms with van der Waals surface area (Å²) in [5.74, 6) is 0.411. The predicted molar refractivity (Wildman–Crippen MR) is 85.8 cm³/mol. The molecule has 1 amide bonds. The summed E-state index contributed by atoms with van der Waals surface area (Å²) in [7, 11) is 0. The minimum Gasteiger partial charge on any atom is -0.481 e. The number of nitrogens with two attached hydrogens (primary N) is 1. The van der Waals surface area contributed by atoms with Crippen LogP contribution < -0.4 is 15.8 Å². The molecule has 0 saturated heterocycles. The number of ether oxygens (including phenoxy) is 1. The third-order valence-corrected chi connectivity index (χ3v) is 3.22. The molecule has 1 atom stereocenters. The zero-order valence-corrected chi connectivity index (χ0v) is 12.6. The topological polar surface area (TPSA) is 64.3 Å². The fraction of sp³-hybridized carbons (Fsp3) is 0.188. The minimum atomic E-state index is -0.623. The number of amides is 1. The number of anilines is 2. The number of hydrogen-bond donors (Lipinski definition) is 2. The second kappa shape index (κ2) is 6.50. The second-order valence-corrected chi connectivity index (χ2v) is 5.22. The van der Waals surface area contributed by atoms with Gasteiger partial charge in [-0.2, -0.15) is 0 Å². The van der Waals surface area contributed by atoms with Crippen molar-refractivity contribution in [1.82, 2.24) is 0 Å². The Bertz CT molecular complexity index is 641. The number of benzene rings is 2. The Kier molecular flexibility index (Phi) is 4.70. The van der Waals surface area contributed by atoms with Gasteiger partial charge in [0.15, 0.2) is 6.10 Å². The Morgan fingerprint density at radius 2 is 1.90 bits per heavy atom. The first-order valence-electron chi connectivity index (χ1n) is 6.55. The normalized spacial score (nSPS) is 11.8. The van der Waals surface area contributed by atoms with E-state index in [-0.39, 0.29) is 5.91 Å². The molecule has 0 heterocycles. The molecule has 2 rings (SSSR count). The molecule has 0 aromatic heterocycles. The lowest BCUT2D eigenvalue weighted by molar-refractivity contribution is -0.122. The standard InChI is InChI=1S/C16H17ClN2O2/c1-10-9-12(17)3-8-15(10)21-11(2)16(20)19-14-6-4-13(18)5-7-14/h3-9,11H,18H2,1-2H3,(H,19,20). The van der Waals surface area contributed by atoms with Crippen molar-refractivity contribution in [3.63, 3.8) is 0 Å². The van der Waals surface area contributed by atoms with Crippen molar-refractivity contribution in [2.45, 2.75) is 20.0 Å². The van der Waals surface area contributed by atoms with Crippen LogP contribution in [0.15, 0.2) is 42.5 Å². The van der Waals surface area contributed by atoms with Gasteiger partial charge in [0.25, 0.3) is 5.91 Å². The van der Waals surface area contributed by atoms with E-state index < -0.39 is 6.10 Å². The highest BCUT2D eigenvalue weighted by atomic mass is 35.5. The van der Waals surface area contributed by atoms with Gasteiger partial charge >= 0.3 is 0 Å². The minimum absolute atomic E-state index is 0.228. The molecule has 0 fully saturated rings. The molecule has 21 heavy (non-hydrogen) atoms. The molecule has 0 saturated carbocycles. The third-order valence-electron chi connectivity index (χ3n) is 2.99. The number of carbonyl (C=O) groups excluding carboxylic acids is 1. The van der Waals surface area contributed by atoms with Crippen LogP contribution in [0.25, 0.3) is 0 Å². The van der Waals surface area contributed by atoms with Crippen LogP contribution in [0, 0.1) is 6.92 Å². The molecule has 0 aliphatic carbocycles. The van der Waals surface area contributed by atoms with Crippen molar-refractivity contribution in [3.8, 4) is 5.75 Å². The maximum atomic E-state index is 12.1. The van der Waals surface area contributed by atoms with Crippen molar-refractivity contribution in [3.05, 3.63) is 53.1 Å². The highest BCUT2D eigenvalue weighted by Gasteiger charge is 2.15. The van der Waals surface area contributed by atoms with Crippen LogP contribution in [0.5, 0.6) is 5.75 Å². The van der Waals surface area contributed by atoms with Gasteiger partial charge < -0.3 is 15.8 Å². The molecule has 5 heteroatoms. The SMILES string of the molecule is Cc1cc(Cl)ccc1OC(C)C(=O)Nc1ccc(N)cc1. The van der Waals surface area contributed by atoms with Crippen molar-refractivity contribution in [1.29, 1.82) is 0 Å². The third kappa shape index (κ3) is 4.13. The molecular weight excluding hydrogens is 288 g/mol. The van der Waals surface area contributed by atoms with Crippen molar-refractivity contribution < 1.29 is 9.53 Å². The van der Waals surface area contributed by atoms with Crippen LogP contribution >= 0.6 is 11.6 Å². The maximum Gasteiger partial charge on any atom is 0.265 e. The van der Waals surface area contributed by atoms with E-state index in [0.717, 1.165) is 5.56 Å². The maximum absolute atomic E-state index is 12.1. The van der Waals surface area contributed by atoms with E-state index in [1.54, 1.807) is 49.4 Å². The van der Waals surface area contributed by atoms with Crippen molar-refractivity contribution in [2.75, 3.05) is 11.1 Å². The summed E-state index contributed by atoms with van der Waals surface area (Å²) in [6.45, 7) is 3.58. The average molecular weight is 305 g/mol. The van der Waals surface area contributed by atoms with E-state index in [1.165, 1.54) is 0 Å². The predicted octanol–water partition coefficient (Wildman–Crippen LogP) is 3.64. The number of nitrogens with one attached hydrogen (secondary N) is 1. The highest BCUT2D eigenvalue weighted by Crippen LogP contribution is 2.23.